The van der Waals surface area contributed by atoms with Crippen LogP contribution in [-0.4, -0.2) is 11.5 Å². The number of ketones is 1. The van der Waals surface area contributed by atoms with E-state index >= 15 is 0 Å². The van der Waals surface area contributed by atoms with E-state index in [1.165, 1.54) is 6.07 Å². The van der Waals surface area contributed by atoms with E-state index < -0.39 is 0 Å². The molecular formula is C16H13FN2O. The standard InChI is InChI=1S/C16H13FN2O/c1-10-8-12(6-7-14(10)17)18-19-16-13-5-3-2-4-11(13)9-15(16)20/h2-8,18H,9H2,1H3/b19-16+. The molecule has 2 aromatic carbocycles. The Morgan fingerprint density at radius 2 is 2.00 bits per heavy atom. The van der Waals surface area contributed by atoms with Crippen LogP contribution in [0.1, 0.15) is 16.7 Å². The van der Waals surface area contributed by atoms with E-state index in [0.717, 1.165) is 11.1 Å². The molecule has 0 bridgehead atoms. The average Bonchev–Trinajstić information content (AvgIpc) is 2.76. The zero-order chi connectivity index (χ0) is 14.1. The zero-order valence-electron chi connectivity index (χ0n) is 11.0. The van der Waals surface area contributed by atoms with Gasteiger partial charge < -0.3 is 0 Å². The lowest BCUT2D eigenvalue weighted by Crippen LogP contribution is -2.11. The maximum atomic E-state index is 13.2. The Morgan fingerprint density at radius 3 is 2.80 bits per heavy atom. The number of nitrogens with one attached hydrogen (secondary N) is 1. The van der Waals surface area contributed by atoms with Crippen LogP contribution in [0.15, 0.2) is 47.6 Å². The predicted molar refractivity (Wildman–Crippen MR) is 76.4 cm³/mol. The van der Waals surface area contributed by atoms with Crippen molar-refractivity contribution < 1.29 is 9.18 Å². The highest BCUT2D eigenvalue weighted by molar-refractivity contribution is 6.49. The number of anilines is 1. The third-order valence-electron chi connectivity index (χ3n) is 3.34. The lowest BCUT2D eigenvalue weighted by molar-refractivity contribution is -0.112. The molecule has 4 heteroatoms. The van der Waals surface area contributed by atoms with Gasteiger partial charge in [-0.25, -0.2) is 4.39 Å². The maximum absolute atomic E-state index is 13.2. The molecule has 0 saturated carbocycles. The zero-order valence-corrected chi connectivity index (χ0v) is 11.0. The van der Waals surface area contributed by atoms with E-state index in [4.69, 9.17) is 0 Å². The number of hydrogen-bond acceptors (Lipinski definition) is 3. The van der Waals surface area contributed by atoms with Crippen LogP contribution in [-0.2, 0) is 11.2 Å². The van der Waals surface area contributed by atoms with Crippen molar-refractivity contribution in [3.8, 4) is 0 Å². The average molecular weight is 268 g/mol. The first-order chi connectivity index (χ1) is 9.65. The summed E-state index contributed by atoms with van der Waals surface area (Å²) in [7, 11) is 0. The Balaban J connectivity index is 1.89. The number of benzene rings is 2. The molecule has 3 rings (SSSR count). The van der Waals surface area contributed by atoms with Gasteiger partial charge >= 0.3 is 0 Å². The van der Waals surface area contributed by atoms with Gasteiger partial charge in [-0.1, -0.05) is 24.3 Å². The van der Waals surface area contributed by atoms with Crippen LogP contribution in [0.3, 0.4) is 0 Å². The summed E-state index contributed by atoms with van der Waals surface area (Å²) in [6, 6.07) is 12.2. The molecule has 100 valence electrons. The number of nitrogens with zero attached hydrogens (tertiary/aromatic N) is 1. The second-order valence-electron chi connectivity index (χ2n) is 4.79. The minimum atomic E-state index is -0.259. The molecule has 0 amide bonds. The van der Waals surface area contributed by atoms with Crippen LogP contribution in [0.25, 0.3) is 0 Å². The van der Waals surface area contributed by atoms with Gasteiger partial charge in [0.1, 0.15) is 11.5 Å². The highest BCUT2D eigenvalue weighted by Gasteiger charge is 2.25. The molecule has 2 aromatic rings. The number of fused-ring (bicyclic) bond motifs is 1. The lowest BCUT2D eigenvalue weighted by Gasteiger charge is -2.04. The molecule has 0 atom stereocenters. The minimum absolute atomic E-state index is 0.00228. The largest absolute Gasteiger partial charge is 0.292 e. The van der Waals surface area contributed by atoms with Crippen LogP contribution in [0.2, 0.25) is 0 Å². The van der Waals surface area contributed by atoms with Gasteiger partial charge in [-0.15, -0.1) is 0 Å². The van der Waals surface area contributed by atoms with E-state index in [1.807, 2.05) is 24.3 Å². The van der Waals surface area contributed by atoms with Gasteiger partial charge in [0.2, 0.25) is 0 Å². The summed E-state index contributed by atoms with van der Waals surface area (Å²) < 4.78 is 13.2. The lowest BCUT2D eigenvalue weighted by atomic mass is 10.1. The molecule has 1 N–H and O–H groups in total. The first-order valence-corrected chi connectivity index (χ1v) is 6.36. The van der Waals surface area contributed by atoms with E-state index in [1.54, 1.807) is 19.1 Å². The van der Waals surface area contributed by atoms with Crippen LogP contribution in [0.4, 0.5) is 10.1 Å². The molecule has 0 spiro atoms. The Kier molecular flexibility index (Phi) is 3.06. The molecule has 0 saturated heterocycles. The summed E-state index contributed by atoms with van der Waals surface area (Å²) in [6.45, 7) is 1.68. The Morgan fingerprint density at radius 1 is 1.20 bits per heavy atom. The molecule has 3 nitrogen and oxygen atoms in total. The third-order valence-corrected chi connectivity index (χ3v) is 3.34. The van der Waals surface area contributed by atoms with Crippen molar-refractivity contribution in [1.82, 2.24) is 0 Å². The van der Waals surface area contributed by atoms with E-state index in [2.05, 4.69) is 10.5 Å². The monoisotopic (exact) mass is 268 g/mol. The molecule has 0 aliphatic heterocycles. The quantitative estimate of drug-likeness (QED) is 0.850. The number of Topliss-reactive ketones (excluding diaryl/α,β-unsaturated/α-hetero) is 1. The fourth-order valence-electron chi connectivity index (χ4n) is 2.27. The van der Waals surface area contributed by atoms with Gasteiger partial charge in [-0.3, -0.25) is 10.2 Å². The van der Waals surface area contributed by atoms with Crippen molar-refractivity contribution in [2.24, 2.45) is 5.10 Å². The summed E-state index contributed by atoms with van der Waals surface area (Å²) in [5.41, 5.74) is 6.31. The van der Waals surface area contributed by atoms with Crippen molar-refractivity contribution in [1.29, 1.82) is 0 Å². The first kappa shape index (κ1) is 12.5. The Labute approximate surface area is 116 Å². The Hall–Kier alpha value is -2.49. The van der Waals surface area contributed by atoms with E-state index in [-0.39, 0.29) is 11.6 Å². The van der Waals surface area contributed by atoms with Gasteiger partial charge in [0.05, 0.1) is 5.69 Å². The Bertz CT molecular complexity index is 722. The number of rotatable bonds is 2. The molecular weight excluding hydrogens is 255 g/mol. The molecule has 1 aliphatic carbocycles. The predicted octanol–water partition coefficient (Wildman–Crippen LogP) is 3.08. The van der Waals surface area contributed by atoms with E-state index in [0.29, 0.717) is 23.4 Å². The van der Waals surface area contributed by atoms with E-state index in [9.17, 15) is 9.18 Å². The number of hydrazone groups is 1. The van der Waals surface area contributed by atoms with Gasteiger partial charge in [0.25, 0.3) is 0 Å². The van der Waals surface area contributed by atoms with Crippen LogP contribution < -0.4 is 5.43 Å². The normalized spacial score (nSPS) is 15.5. The molecule has 0 unspecified atom stereocenters. The molecule has 1 aliphatic rings. The van der Waals surface area contributed by atoms with Crippen LogP contribution in [0.5, 0.6) is 0 Å². The molecule has 20 heavy (non-hydrogen) atoms. The smallest absolute Gasteiger partial charge is 0.187 e. The van der Waals surface area contributed by atoms with Crippen LogP contribution >= 0.6 is 0 Å². The fraction of sp³-hybridized carbons (Fsp3) is 0.125. The molecule has 0 aromatic heterocycles. The summed E-state index contributed by atoms with van der Waals surface area (Å²) in [6.07, 6.45) is 0.388. The minimum Gasteiger partial charge on any atom is -0.292 e. The summed E-state index contributed by atoms with van der Waals surface area (Å²) in [5, 5.41) is 4.18. The van der Waals surface area contributed by atoms with Crippen LogP contribution in [0, 0.1) is 12.7 Å². The SMILES string of the molecule is Cc1cc(N/N=C2/C(=O)Cc3ccccc32)ccc1F. The number of carbonyl (C=O) groups is 1. The second-order valence-corrected chi connectivity index (χ2v) is 4.79. The molecule has 0 fully saturated rings. The maximum Gasteiger partial charge on any atom is 0.187 e. The van der Waals surface area contributed by atoms with Crippen molar-refractivity contribution >= 4 is 17.2 Å². The summed E-state index contributed by atoms with van der Waals surface area (Å²) in [4.78, 5) is 11.9. The van der Waals surface area contributed by atoms with Gasteiger partial charge in [0, 0.05) is 12.0 Å². The summed E-state index contributed by atoms with van der Waals surface area (Å²) >= 11 is 0. The second kappa shape index (κ2) is 4.89. The fourth-order valence-corrected chi connectivity index (χ4v) is 2.27. The highest BCUT2D eigenvalue weighted by Crippen LogP contribution is 2.20. The highest BCUT2D eigenvalue weighted by atomic mass is 19.1. The number of aryl methyl sites for hydroxylation is 1. The number of halogens is 1. The molecule has 0 heterocycles. The first-order valence-electron chi connectivity index (χ1n) is 6.36. The number of hydrogen-bond donors (Lipinski definition) is 1. The summed E-state index contributed by atoms with van der Waals surface area (Å²) in [5.74, 6) is -0.261. The van der Waals surface area contributed by atoms with Crippen molar-refractivity contribution in [3.05, 3.63) is 65.0 Å². The van der Waals surface area contributed by atoms with Gasteiger partial charge in [-0.2, -0.15) is 5.10 Å². The van der Waals surface area contributed by atoms with Crippen molar-refractivity contribution in [3.63, 3.8) is 0 Å². The van der Waals surface area contributed by atoms with Gasteiger partial charge in [-0.05, 0) is 36.2 Å². The third kappa shape index (κ3) is 2.20. The topological polar surface area (TPSA) is 41.5 Å². The van der Waals surface area contributed by atoms with Gasteiger partial charge in [0.15, 0.2) is 5.78 Å². The molecule has 0 radical (unpaired) electrons. The van der Waals surface area contributed by atoms with Crippen molar-refractivity contribution in [2.75, 3.05) is 5.43 Å². The number of carbonyl (C=O) groups excluding carboxylic acids is 1. The van der Waals surface area contributed by atoms with Crippen molar-refractivity contribution in [2.45, 2.75) is 13.3 Å².